The maximum Gasteiger partial charge on any atom is 0.251 e. The minimum Gasteiger partial charge on any atom is -0.486 e. The Labute approximate surface area is 128 Å². The third kappa shape index (κ3) is 3.01. The van der Waals surface area contributed by atoms with E-state index < -0.39 is 0 Å². The fourth-order valence-corrected chi connectivity index (χ4v) is 2.17. The SMILES string of the molecule is N#Cc1ccc(C(=O)NCC2COc3ccccc3O2)cc1. The summed E-state index contributed by atoms with van der Waals surface area (Å²) < 4.78 is 11.4. The Hall–Kier alpha value is -3.00. The normalized spacial score (nSPS) is 15.7. The molecule has 1 amide bonds. The minimum atomic E-state index is -0.225. The number of nitrogens with one attached hydrogen (secondary N) is 1. The zero-order chi connectivity index (χ0) is 15.4. The Morgan fingerprint density at radius 1 is 1.18 bits per heavy atom. The molecule has 110 valence electrons. The maximum atomic E-state index is 12.0. The molecular weight excluding hydrogens is 280 g/mol. The highest BCUT2D eigenvalue weighted by Gasteiger charge is 2.21. The zero-order valence-electron chi connectivity index (χ0n) is 11.8. The van der Waals surface area contributed by atoms with Crippen LogP contribution in [-0.4, -0.2) is 25.2 Å². The van der Waals surface area contributed by atoms with E-state index in [2.05, 4.69) is 5.32 Å². The molecule has 0 aromatic heterocycles. The minimum absolute atomic E-state index is 0.202. The van der Waals surface area contributed by atoms with Crippen molar-refractivity contribution in [3.8, 4) is 17.6 Å². The molecule has 5 nitrogen and oxygen atoms in total. The highest BCUT2D eigenvalue weighted by molar-refractivity contribution is 5.94. The lowest BCUT2D eigenvalue weighted by atomic mass is 10.1. The van der Waals surface area contributed by atoms with E-state index in [1.807, 2.05) is 30.3 Å². The van der Waals surface area contributed by atoms with Gasteiger partial charge in [-0.3, -0.25) is 4.79 Å². The van der Waals surface area contributed by atoms with Crippen LogP contribution in [0.15, 0.2) is 48.5 Å². The van der Waals surface area contributed by atoms with E-state index in [9.17, 15) is 4.79 Å². The zero-order valence-corrected chi connectivity index (χ0v) is 11.8. The van der Waals surface area contributed by atoms with Crippen LogP contribution in [-0.2, 0) is 0 Å². The van der Waals surface area contributed by atoms with E-state index in [1.54, 1.807) is 24.3 Å². The van der Waals surface area contributed by atoms with Crippen molar-refractivity contribution >= 4 is 5.91 Å². The second-order valence-corrected chi connectivity index (χ2v) is 4.90. The number of para-hydroxylation sites is 2. The molecule has 2 aromatic rings. The van der Waals surface area contributed by atoms with Crippen LogP contribution >= 0.6 is 0 Å². The number of carbonyl (C=O) groups is 1. The Morgan fingerprint density at radius 2 is 1.91 bits per heavy atom. The molecular formula is C17H14N2O3. The summed E-state index contributed by atoms with van der Waals surface area (Å²) >= 11 is 0. The Morgan fingerprint density at radius 3 is 2.64 bits per heavy atom. The topological polar surface area (TPSA) is 71.4 Å². The summed E-state index contributed by atoms with van der Waals surface area (Å²) in [4.78, 5) is 12.0. The summed E-state index contributed by atoms with van der Waals surface area (Å²) in [6.45, 7) is 0.748. The molecule has 0 bridgehead atoms. The highest BCUT2D eigenvalue weighted by atomic mass is 16.6. The average molecular weight is 294 g/mol. The van der Waals surface area contributed by atoms with Gasteiger partial charge in [0.25, 0.3) is 5.91 Å². The lowest BCUT2D eigenvalue weighted by Gasteiger charge is -2.26. The number of nitrogens with zero attached hydrogens (tertiary/aromatic N) is 1. The molecule has 3 rings (SSSR count). The van der Waals surface area contributed by atoms with Gasteiger partial charge in [0.15, 0.2) is 11.5 Å². The first-order valence-corrected chi connectivity index (χ1v) is 6.93. The number of ether oxygens (including phenoxy) is 2. The van der Waals surface area contributed by atoms with Crippen LogP contribution in [0.4, 0.5) is 0 Å². The molecule has 1 N–H and O–H groups in total. The van der Waals surface area contributed by atoms with Crippen LogP contribution in [0, 0.1) is 11.3 Å². The van der Waals surface area contributed by atoms with Crippen LogP contribution in [0.1, 0.15) is 15.9 Å². The fraction of sp³-hybridized carbons (Fsp3) is 0.176. The molecule has 1 aliphatic heterocycles. The molecule has 0 saturated carbocycles. The van der Waals surface area contributed by atoms with Gasteiger partial charge in [0, 0.05) is 5.56 Å². The molecule has 1 atom stereocenters. The van der Waals surface area contributed by atoms with Crippen molar-refractivity contribution in [1.82, 2.24) is 5.32 Å². The van der Waals surface area contributed by atoms with Gasteiger partial charge in [-0.15, -0.1) is 0 Å². The van der Waals surface area contributed by atoms with Gasteiger partial charge in [0.05, 0.1) is 18.2 Å². The van der Waals surface area contributed by atoms with Crippen molar-refractivity contribution in [2.45, 2.75) is 6.10 Å². The van der Waals surface area contributed by atoms with Gasteiger partial charge in [-0.25, -0.2) is 0 Å². The highest BCUT2D eigenvalue weighted by Crippen LogP contribution is 2.30. The molecule has 0 saturated heterocycles. The maximum absolute atomic E-state index is 12.0. The second kappa shape index (κ2) is 6.19. The van der Waals surface area contributed by atoms with Crippen molar-refractivity contribution in [3.63, 3.8) is 0 Å². The van der Waals surface area contributed by atoms with Crippen molar-refractivity contribution < 1.29 is 14.3 Å². The molecule has 0 fully saturated rings. The van der Waals surface area contributed by atoms with Gasteiger partial charge in [0.2, 0.25) is 0 Å². The van der Waals surface area contributed by atoms with Gasteiger partial charge >= 0.3 is 0 Å². The molecule has 22 heavy (non-hydrogen) atoms. The first-order valence-electron chi connectivity index (χ1n) is 6.93. The number of hydrogen-bond acceptors (Lipinski definition) is 4. The fourth-order valence-electron chi connectivity index (χ4n) is 2.17. The van der Waals surface area contributed by atoms with Gasteiger partial charge in [-0.05, 0) is 36.4 Å². The monoisotopic (exact) mass is 294 g/mol. The van der Waals surface area contributed by atoms with Gasteiger partial charge in [-0.2, -0.15) is 5.26 Å². The Bertz CT molecular complexity index is 719. The standard InChI is InChI=1S/C17H14N2O3/c18-9-12-5-7-13(8-6-12)17(20)19-10-14-11-21-15-3-1-2-4-16(15)22-14/h1-8,14H,10-11H2,(H,19,20). The lowest BCUT2D eigenvalue weighted by Crippen LogP contribution is -2.40. The molecule has 5 heteroatoms. The van der Waals surface area contributed by atoms with Gasteiger partial charge in [0.1, 0.15) is 12.7 Å². The van der Waals surface area contributed by atoms with Crippen molar-refractivity contribution in [2.24, 2.45) is 0 Å². The third-order valence-electron chi connectivity index (χ3n) is 3.33. The van der Waals surface area contributed by atoms with E-state index in [1.165, 1.54) is 0 Å². The number of nitriles is 1. The van der Waals surface area contributed by atoms with E-state index >= 15 is 0 Å². The van der Waals surface area contributed by atoms with E-state index in [-0.39, 0.29) is 12.0 Å². The predicted molar refractivity (Wildman–Crippen MR) is 79.8 cm³/mol. The van der Waals surface area contributed by atoms with Crippen LogP contribution in [0.3, 0.4) is 0 Å². The van der Waals surface area contributed by atoms with Crippen LogP contribution < -0.4 is 14.8 Å². The summed E-state index contributed by atoms with van der Waals surface area (Å²) in [6.07, 6.45) is -0.225. The molecule has 1 heterocycles. The number of benzene rings is 2. The Balaban J connectivity index is 1.57. The van der Waals surface area contributed by atoms with Gasteiger partial charge in [-0.1, -0.05) is 12.1 Å². The van der Waals surface area contributed by atoms with E-state index in [0.717, 1.165) is 5.75 Å². The average Bonchev–Trinajstić information content (AvgIpc) is 2.59. The third-order valence-corrected chi connectivity index (χ3v) is 3.33. The summed E-state index contributed by atoms with van der Waals surface area (Å²) in [6, 6.07) is 15.9. The molecule has 2 aromatic carbocycles. The summed E-state index contributed by atoms with van der Waals surface area (Å²) in [7, 11) is 0. The van der Waals surface area contributed by atoms with Gasteiger partial charge < -0.3 is 14.8 Å². The predicted octanol–water partition coefficient (Wildman–Crippen LogP) is 2.13. The van der Waals surface area contributed by atoms with Crippen molar-refractivity contribution in [3.05, 3.63) is 59.7 Å². The lowest BCUT2D eigenvalue weighted by molar-refractivity contribution is 0.0789. The smallest absolute Gasteiger partial charge is 0.251 e. The summed E-state index contributed by atoms with van der Waals surface area (Å²) in [5, 5.41) is 11.5. The van der Waals surface area contributed by atoms with Crippen LogP contribution in [0.25, 0.3) is 0 Å². The molecule has 0 spiro atoms. The van der Waals surface area contributed by atoms with Crippen molar-refractivity contribution in [2.75, 3.05) is 13.2 Å². The second-order valence-electron chi connectivity index (χ2n) is 4.90. The van der Waals surface area contributed by atoms with E-state index in [0.29, 0.717) is 30.0 Å². The number of fused-ring (bicyclic) bond motifs is 1. The number of rotatable bonds is 3. The Kier molecular flexibility index (Phi) is 3.92. The van der Waals surface area contributed by atoms with Crippen LogP contribution in [0.5, 0.6) is 11.5 Å². The quantitative estimate of drug-likeness (QED) is 0.941. The molecule has 0 radical (unpaired) electrons. The summed E-state index contributed by atoms with van der Waals surface area (Å²) in [5.41, 5.74) is 1.04. The molecule has 1 aliphatic rings. The van der Waals surface area contributed by atoms with Crippen molar-refractivity contribution in [1.29, 1.82) is 5.26 Å². The largest absolute Gasteiger partial charge is 0.486 e. The molecule has 0 aliphatic carbocycles. The number of amides is 1. The number of carbonyl (C=O) groups excluding carboxylic acids is 1. The number of hydrogen-bond donors (Lipinski definition) is 1. The summed E-state index contributed by atoms with van der Waals surface area (Å²) in [5.74, 6) is 1.20. The van der Waals surface area contributed by atoms with E-state index in [4.69, 9.17) is 14.7 Å². The first-order chi connectivity index (χ1) is 10.8. The first kappa shape index (κ1) is 14.0. The molecule has 1 unspecified atom stereocenters. The van der Waals surface area contributed by atoms with Crippen LogP contribution in [0.2, 0.25) is 0 Å².